The molecule has 27 heavy (non-hydrogen) atoms. The number of aromatic nitrogens is 1. The molecule has 2 aliphatic heterocycles. The van der Waals surface area contributed by atoms with Crippen LogP contribution in [0.5, 0.6) is 0 Å². The number of pyridine rings is 1. The van der Waals surface area contributed by atoms with Crippen molar-refractivity contribution in [1.82, 2.24) is 15.2 Å². The fourth-order valence-electron chi connectivity index (χ4n) is 3.09. The summed E-state index contributed by atoms with van der Waals surface area (Å²) < 4.78 is 10.7. The highest BCUT2D eigenvalue weighted by Crippen LogP contribution is 2.18. The topological polar surface area (TPSA) is 84.0 Å². The molecule has 1 aromatic rings. The number of anilines is 1. The summed E-state index contributed by atoms with van der Waals surface area (Å²) in [6.45, 7) is 9.44. The van der Waals surface area contributed by atoms with E-state index in [1.165, 1.54) is 0 Å². The first-order chi connectivity index (χ1) is 12.8. The highest BCUT2D eigenvalue weighted by molar-refractivity contribution is 5.92. The Morgan fingerprint density at radius 3 is 2.52 bits per heavy atom. The number of carbonyl (C=O) groups is 2. The predicted octanol–water partition coefficient (Wildman–Crippen LogP) is 1.66. The second-order valence-electron chi connectivity index (χ2n) is 7.89. The maximum Gasteiger partial charge on any atom is 0.410 e. The van der Waals surface area contributed by atoms with Crippen LogP contribution < -0.4 is 10.2 Å². The molecule has 2 fully saturated rings. The summed E-state index contributed by atoms with van der Waals surface area (Å²) >= 11 is 0. The van der Waals surface area contributed by atoms with Gasteiger partial charge in [0.25, 0.3) is 5.91 Å². The predicted molar refractivity (Wildman–Crippen MR) is 101 cm³/mol. The molecule has 8 heteroatoms. The van der Waals surface area contributed by atoms with E-state index in [4.69, 9.17) is 9.47 Å². The lowest BCUT2D eigenvalue weighted by molar-refractivity contribution is 0.0240. The molecule has 3 rings (SSSR count). The fourth-order valence-corrected chi connectivity index (χ4v) is 3.09. The van der Waals surface area contributed by atoms with Crippen molar-refractivity contribution in [3.8, 4) is 0 Å². The normalized spacial score (nSPS) is 20.5. The van der Waals surface area contributed by atoms with Crippen LogP contribution in [0.3, 0.4) is 0 Å². The number of hydrogen-bond donors (Lipinski definition) is 1. The molecule has 0 unspecified atom stereocenters. The number of ether oxygens (including phenoxy) is 2. The monoisotopic (exact) mass is 376 g/mol. The fraction of sp³-hybridized carbons (Fsp3) is 0.632. The number of hydrogen-bond acceptors (Lipinski definition) is 6. The molecule has 1 N–H and O–H groups in total. The van der Waals surface area contributed by atoms with Gasteiger partial charge in [-0.2, -0.15) is 0 Å². The maximum atomic E-state index is 12.2. The Balaban J connectivity index is 1.51. The van der Waals surface area contributed by atoms with E-state index >= 15 is 0 Å². The van der Waals surface area contributed by atoms with Crippen LogP contribution in [-0.4, -0.2) is 72.9 Å². The van der Waals surface area contributed by atoms with Crippen LogP contribution in [0.25, 0.3) is 0 Å². The maximum absolute atomic E-state index is 12.2. The quantitative estimate of drug-likeness (QED) is 0.864. The van der Waals surface area contributed by atoms with Gasteiger partial charge in [-0.25, -0.2) is 9.78 Å². The third-order valence-corrected chi connectivity index (χ3v) is 4.54. The van der Waals surface area contributed by atoms with Crippen molar-refractivity contribution >= 4 is 17.7 Å². The Kier molecular flexibility index (Phi) is 5.84. The second kappa shape index (κ2) is 8.12. The molecular formula is C19H28N4O4. The van der Waals surface area contributed by atoms with E-state index in [9.17, 15) is 9.59 Å². The van der Waals surface area contributed by atoms with Crippen LogP contribution >= 0.6 is 0 Å². The molecule has 1 aromatic heterocycles. The van der Waals surface area contributed by atoms with Gasteiger partial charge in [0.2, 0.25) is 0 Å². The molecule has 2 aliphatic rings. The number of carbonyl (C=O) groups excluding carboxylic acids is 2. The minimum absolute atomic E-state index is 0.0694. The largest absolute Gasteiger partial charge is 0.444 e. The van der Waals surface area contributed by atoms with Gasteiger partial charge in [0.1, 0.15) is 11.3 Å². The van der Waals surface area contributed by atoms with Crippen LogP contribution in [0, 0.1) is 0 Å². The van der Waals surface area contributed by atoms with Crippen LogP contribution in [0.1, 0.15) is 37.7 Å². The number of amides is 2. The van der Waals surface area contributed by atoms with Crippen molar-refractivity contribution in [1.29, 1.82) is 0 Å². The van der Waals surface area contributed by atoms with Crippen LogP contribution in [-0.2, 0) is 9.47 Å². The summed E-state index contributed by atoms with van der Waals surface area (Å²) in [7, 11) is 0. The van der Waals surface area contributed by atoms with E-state index in [1.54, 1.807) is 17.2 Å². The Morgan fingerprint density at radius 2 is 1.96 bits per heavy atom. The molecule has 0 bridgehead atoms. The first-order valence-electron chi connectivity index (χ1n) is 9.39. The van der Waals surface area contributed by atoms with Gasteiger partial charge >= 0.3 is 6.09 Å². The molecule has 0 aromatic carbocycles. The summed E-state index contributed by atoms with van der Waals surface area (Å²) in [5, 5.41) is 2.93. The number of rotatable bonds is 3. The lowest BCUT2D eigenvalue weighted by Gasteiger charge is -2.36. The molecule has 3 heterocycles. The van der Waals surface area contributed by atoms with Gasteiger partial charge in [-0.3, -0.25) is 4.79 Å². The van der Waals surface area contributed by atoms with E-state index in [0.717, 1.165) is 12.1 Å². The second-order valence-corrected chi connectivity index (χ2v) is 7.89. The summed E-state index contributed by atoms with van der Waals surface area (Å²) in [4.78, 5) is 32.5. The Hall–Kier alpha value is -2.35. The average molecular weight is 376 g/mol. The molecule has 0 radical (unpaired) electrons. The van der Waals surface area contributed by atoms with Gasteiger partial charge in [-0.05, 0) is 39.3 Å². The average Bonchev–Trinajstić information content (AvgIpc) is 3.13. The van der Waals surface area contributed by atoms with Gasteiger partial charge < -0.3 is 24.6 Å². The minimum atomic E-state index is -0.487. The lowest BCUT2D eigenvalue weighted by Crippen LogP contribution is -2.50. The highest BCUT2D eigenvalue weighted by atomic mass is 16.6. The van der Waals surface area contributed by atoms with Gasteiger partial charge in [0.05, 0.1) is 24.5 Å². The van der Waals surface area contributed by atoms with E-state index < -0.39 is 5.60 Å². The molecule has 1 atom stereocenters. The molecule has 0 saturated carbocycles. The molecule has 8 nitrogen and oxygen atoms in total. The molecule has 2 saturated heterocycles. The summed E-state index contributed by atoms with van der Waals surface area (Å²) in [6, 6.07) is 3.71. The highest BCUT2D eigenvalue weighted by Gasteiger charge is 2.26. The Labute approximate surface area is 159 Å². The zero-order valence-electron chi connectivity index (χ0n) is 16.2. The van der Waals surface area contributed by atoms with Crippen LogP contribution in [0.4, 0.5) is 10.5 Å². The SMILES string of the molecule is CC(C)(C)OC(=O)N1CCN(c2ccc(C(=O)N[C@H]3CCOC3)nc2)CC1. The van der Waals surface area contributed by atoms with Crippen molar-refractivity contribution in [2.45, 2.75) is 38.8 Å². The van der Waals surface area contributed by atoms with E-state index in [-0.39, 0.29) is 18.0 Å². The molecule has 0 spiro atoms. The van der Waals surface area contributed by atoms with E-state index in [1.807, 2.05) is 26.8 Å². The molecule has 148 valence electrons. The smallest absolute Gasteiger partial charge is 0.410 e. The van der Waals surface area contributed by atoms with Crippen molar-refractivity contribution in [2.75, 3.05) is 44.3 Å². The van der Waals surface area contributed by atoms with Gasteiger partial charge in [0.15, 0.2) is 0 Å². The standard InChI is InChI=1S/C19H28N4O4/c1-19(2,3)27-18(25)23-9-7-22(8-10-23)15-4-5-16(20-12-15)17(24)21-14-6-11-26-13-14/h4-5,12,14H,6-11,13H2,1-3H3,(H,21,24)/t14-/m0/s1. The van der Waals surface area contributed by atoms with E-state index in [2.05, 4.69) is 15.2 Å². The third kappa shape index (κ3) is 5.32. The molecule has 2 amide bonds. The molecule has 0 aliphatic carbocycles. The Morgan fingerprint density at radius 1 is 1.22 bits per heavy atom. The zero-order valence-corrected chi connectivity index (χ0v) is 16.2. The van der Waals surface area contributed by atoms with Gasteiger partial charge in [0, 0.05) is 32.8 Å². The summed E-state index contributed by atoms with van der Waals surface area (Å²) in [5.41, 5.74) is 0.858. The summed E-state index contributed by atoms with van der Waals surface area (Å²) in [6.07, 6.45) is 2.28. The molecular weight excluding hydrogens is 348 g/mol. The first-order valence-corrected chi connectivity index (χ1v) is 9.39. The first kappa shape index (κ1) is 19.4. The van der Waals surface area contributed by atoms with Crippen molar-refractivity contribution in [3.63, 3.8) is 0 Å². The third-order valence-electron chi connectivity index (χ3n) is 4.54. The van der Waals surface area contributed by atoms with Gasteiger partial charge in [-0.15, -0.1) is 0 Å². The Bertz CT molecular complexity index is 657. The number of nitrogens with one attached hydrogen (secondary N) is 1. The van der Waals surface area contributed by atoms with Crippen molar-refractivity contribution < 1.29 is 19.1 Å². The minimum Gasteiger partial charge on any atom is -0.444 e. The van der Waals surface area contributed by atoms with Crippen molar-refractivity contribution in [2.24, 2.45) is 0 Å². The van der Waals surface area contributed by atoms with Crippen LogP contribution in [0.15, 0.2) is 18.3 Å². The van der Waals surface area contributed by atoms with Crippen molar-refractivity contribution in [3.05, 3.63) is 24.0 Å². The lowest BCUT2D eigenvalue weighted by atomic mass is 10.2. The summed E-state index contributed by atoms with van der Waals surface area (Å²) in [5.74, 6) is -0.174. The number of nitrogens with zero attached hydrogens (tertiary/aromatic N) is 3. The van der Waals surface area contributed by atoms with Crippen LogP contribution in [0.2, 0.25) is 0 Å². The van der Waals surface area contributed by atoms with Gasteiger partial charge in [-0.1, -0.05) is 0 Å². The zero-order chi connectivity index (χ0) is 19.4. The van der Waals surface area contributed by atoms with E-state index in [0.29, 0.717) is 45.1 Å². The number of piperazine rings is 1.